The van der Waals surface area contributed by atoms with Crippen LogP contribution >= 0.6 is 0 Å². The van der Waals surface area contributed by atoms with Crippen LogP contribution in [0.1, 0.15) is 23.2 Å². The summed E-state index contributed by atoms with van der Waals surface area (Å²) in [6.07, 6.45) is 2.13. The molecule has 1 unspecified atom stereocenters. The molecule has 1 aromatic rings. The van der Waals surface area contributed by atoms with E-state index >= 15 is 0 Å². The Labute approximate surface area is 98.8 Å². The van der Waals surface area contributed by atoms with E-state index in [1.807, 2.05) is 0 Å². The second kappa shape index (κ2) is 5.14. The number of hydrogen-bond donors (Lipinski definition) is 3. The van der Waals surface area contributed by atoms with Crippen molar-refractivity contribution in [2.24, 2.45) is 0 Å². The van der Waals surface area contributed by atoms with E-state index in [0.29, 0.717) is 6.54 Å². The quantitative estimate of drug-likeness (QED) is 0.736. The second-order valence-corrected chi connectivity index (χ2v) is 4.16. The third-order valence-electron chi connectivity index (χ3n) is 2.87. The van der Waals surface area contributed by atoms with Crippen LogP contribution in [0.5, 0.6) is 5.75 Å². The molecular weight excluding hydrogens is 223 g/mol. The molecule has 5 heteroatoms. The Morgan fingerprint density at radius 3 is 3.12 bits per heavy atom. The fourth-order valence-corrected chi connectivity index (χ4v) is 1.93. The van der Waals surface area contributed by atoms with Gasteiger partial charge < -0.3 is 15.7 Å². The molecule has 1 saturated heterocycles. The van der Waals surface area contributed by atoms with Gasteiger partial charge in [0.05, 0.1) is 5.56 Å². The summed E-state index contributed by atoms with van der Waals surface area (Å²) >= 11 is 0. The van der Waals surface area contributed by atoms with Crippen molar-refractivity contribution in [2.45, 2.75) is 18.9 Å². The van der Waals surface area contributed by atoms with Crippen molar-refractivity contribution >= 4 is 5.91 Å². The number of hydrogen-bond acceptors (Lipinski definition) is 3. The first kappa shape index (κ1) is 11.9. The highest BCUT2D eigenvalue weighted by atomic mass is 19.1. The van der Waals surface area contributed by atoms with Crippen LogP contribution in [0.15, 0.2) is 18.2 Å². The van der Waals surface area contributed by atoms with Crippen LogP contribution in [0.2, 0.25) is 0 Å². The number of halogens is 1. The van der Waals surface area contributed by atoms with E-state index in [1.165, 1.54) is 6.07 Å². The molecule has 92 valence electrons. The Balaban J connectivity index is 1.96. The molecule has 0 saturated carbocycles. The van der Waals surface area contributed by atoms with E-state index < -0.39 is 11.7 Å². The molecule has 3 N–H and O–H groups in total. The SMILES string of the molecule is O=C(NCC1CCCN1)c1cc(F)ccc1O. The minimum atomic E-state index is -0.535. The summed E-state index contributed by atoms with van der Waals surface area (Å²) in [5, 5.41) is 15.4. The van der Waals surface area contributed by atoms with Crippen LogP contribution in [0.4, 0.5) is 4.39 Å². The van der Waals surface area contributed by atoms with Gasteiger partial charge in [-0.3, -0.25) is 4.79 Å². The fraction of sp³-hybridized carbons (Fsp3) is 0.417. The summed E-state index contributed by atoms with van der Waals surface area (Å²) in [5.41, 5.74) is -0.0250. The normalized spacial score (nSPS) is 19.2. The van der Waals surface area contributed by atoms with E-state index in [2.05, 4.69) is 10.6 Å². The molecule has 0 radical (unpaired) electrons. The molecule has 0 bridgehead atoms. The maximum Gasteiger partial charge on any atom is 0.255 e. The van der Waals surface area contributed by atoms with Crippen molar-refractivity contribution in [2.75, 3.05) is 13.1 Å². The van der Waals surface area contributed by atoms with Gasteiger partial charge in [-0.1, -0.05) is 0 Å². The monoisotopic (exact) mass is 238 g/mol. The summed E-state index contributed by atoms with van der Waals surface area (Å²) in [6.45, 7) is 1.46. The molecule has 0 spiro atoms. The van der Waals surface area contributed by atoms with Gasteiger partial charge in [0.25, 0.3) is 5.91 Å². The van der Waals surface area contributed by atoms with Gasteiger partial charge in [-0.25, -0.2) is 4.39 Å². The Kier molecular flexibility index (Phi) is 3.58. The van der Waals surface area contributed by atoms with Gasteiger partial charge in [-0.15, -0.1) is 0 Å². The molecule has 0 aromatic heterocycles. The fourth-order valence-electron chi connectivity index (χ4n) is 1.93. The first-order valence-electron chi connectivity index (χ1n) is 5.67. The maximum absolute atomic E-state index is 12.9. The standard InChI is InChI=1S/C12H15FN2O2/c13-8-3-4-11(16)10(6-8)12(17)15-7-9-2-1-5-14-9/h3-4,6,9,14,16H,1-2,5,7H2,(H,15,17). The average molecular weight is 238 g/mol. The maximum atomic E-state index is 12.9. The summed E-state index contributed by atoms with van der Waals surface area (Å²) in [6, 6.07) is 3.60. The van der Waals surface area contributed by atoms with Gasteiger partial charge in [-0.05, 0) is 37.6 Å². The molecule has 1 aliphatic heterocycles. The first-order chi connectivity index (χ1) is 8.16. The van der Waals surface area contributed by atoms with Gasteiger partial charge in [0.15, 0.2) is 0 Å². The van der Waals surface area contributed by atoms with Crippen molar-refractivity contribution in [3.05, 3.63) is 29.6 Å². The predicted octanol–water partition coefficient (Wildman–Crippen LogP) is 1.01. The molecular formula is C12H15FN2O2. The third-order valence-corrected chi connectivity index (χ3v) is 2.87. The lowest BCUT2D eigenvalue weighted by molar-refractivity contribution is 0.0947. The zero-order valence-electron chi connectivity index (χ0n) is 9.37. The van der Waals surface area contributed by atoms with Crippen molar-refractivity contribution in [1.82, 2.24) is 10.6 Å². The number of carbonyl (C=O) groups is 1. The van der Waals surface area contributed by atoms with E-state index in [0.717, 1.165) is 31.5 Å². The predicted molar refractivity (Wildman–Crippen MR) is 61.4 cm³/mol. The molecule has 0 aliphatic carbocycles. The van der Waals surface area contributed by atoms with Gasteiger partial charge in [0.1, 0.15) is 11.6 Å². The van der Waals surface area contributed by atoms with E-state index in [4.69, 9.17) is 0 Å². The molecule has 1 aromatic carbocycles. The van der Waals surface area contributed by atoms with Crippen LogP contribution in [0, 0.1) is 5.82 Å². The van der Waals surface area contributed by atoms with Gasteiger partial charge in [0.2, 0.25) is 0 Å². The second-order valence-electron chi connectivity index (χ2n) is 4.16. The number of benzene rings is 1. The minimum Gasteiger partial charge on any atom is -0.507 e. The number of phenols is 1. The Hall–Kier alpha value is -1.62. The van der Waals surface area contributed by atoms with Crippen LogP contribution in [0.3, 0.4) is 0 Å². The summed E-state index contributed by atoms with van der Waals surface area (Å²) in [4.78, 5) is 11.7. The van der Waals surface area contributed by atoms with Crippen molar-refractivity contribution in [3.63, 3.8) is 0 Å². The van der Waals surface area contributed by atoms with Crippen LogP contribution in [-0.2, 0) is 0 Å². The molecule has 1 aliphatic rings. The number of nitrogens with one attached hydrogen (secondary N) is 2. The zero-order chi connectivity index (χ0) is 12.3. The Morgan fingerprint density at radius 2 is 2.41 bits per heavy atom. The van der Waals surface area contributed by atoms with Gasteiger partial charge in [0, 0.05) is 12.6 Å². The lowest BCUT2D eigenvalue weighted by atomic mass is 10.1. The largest absolute Gasteiger partial charge is 0.507 e. The minimum absolute atomic E-state index is 0.0250. The van der Waals surface area contributed by atoms with Crippen molar-refractivity contribution in [3.8, 4) is 5.75 Å². The summed E-state index contributed by atoms with van der Waals surface area (Å²) in [7, 11) is 0. The van der Waals surface area contributed by atoms with Crippen LogP contribution in [-0.4, -0.2) is 30.1 Å². The lowest BCUT2D eigenvalue weighted by Gasteiger charge is -2.12. The summed E-state index contributed by atoms with van der Waals surface area (Å²) in [5.74, 6) is -1.19. The Morgan fingerprint density at radius 1 is 1.59 bits per heavy atom. The molecule has 2 rings (SSSR count). The first-order valence-corrected chi connectivity index (χ1v) is 5.67. The third kappa shape index (κ3) is 2.94. The number of rotatable bonds is 3. The molecule has 1 heterocycles. The molecule has 17 heavy (non-hydrogen) atoms. The number of phenolic OH excluding ortho intramolecular Hbond substituents is 1. The van der Waals surface area contributed by atoms with Crippen molar-refractivity contribution < 1.29 is 14.3 Å². The molecule has 4 nitrogen and oxygen atoms in total. The van der Waals surface area contributed by atoms with Crippen LogP contribution < -0.4 is 10.6 Å². The lowest BCUT2D eigenvalue weighted by Crippen LogP contribution is -2.37. The topological polar surface area (TPSA) is 61.4 Å². The smallest absolute Gasteiger partial charge is 0.255 e. The van der Waals surface area contributed by atoms with E-state index in [9.17, 15) is 14.3 Å². The van der Waals surface area contributed by atoms with Crippen molar-refractivity contribution in [1.29, 1.82) is 0 Å². The van der Waals surface area contributed by atoms with Crippen LogP contribution in [0.25, 0.3) is 0 Å². The highest BCUT2D eigenvalue weighted by molar-refractivity contribution is 5.96. The number of aromatic hydroxyl groups is 1. The summed E-state index contributed by atoms with van der Waals surface area (Å²) < 4.78 is 12.9. The van der Waals surface area contributed by atoms with E-state index in [1.54, 1.807) is 0 Å². The average Bonchev–Trinajstić information content (AvgIpc) is 2.82. The molecule has 1 amide bonds. The highest BCUT2D eigenvalue weighted by Crippen LogP contribution is 2.17. The molecule has 1 fully saturated rings. The highest BCUT2D eigenvalue weighted by Gasteiger charge is 2.17. The number of amides is 1. The van der Waals surface area contributed by atoms with Gasteiger partial charge in [-0.2, -0.15) is 0 Å². The zero-order valence-corrected chi connectivity index (χ0v) is 9.37. The van der Waals surface area contributed by atoms with E-state index in [-0.39, 0.29) is 17.4 Å². The Bertz CT molecular complexity index is 417. The van der Waals surface area contributed by atoms with Gasteiger partial charge >= 0.3 is 0 Å². The number of carbonyl (C=O) groups excluding carboxylic acids is 1. The molecule has 1 atom stereocenters.